The molecule has 3 heterocycles. The highest BCUT2D eigenvalue weighted by Gasteiger charge is 2.25. The fraction of sp³-hybridized carbons (Fsp3) is 0.158. The van der Waals surface area contributed by atoms with E-state index in [2.05, 4.69) is 15.1 Å². The van der Waals surface area contributed by atoms with Crippen LogP contribution in [0.4, 0.5) is 5.13 Å². The zero-order valence-electron chi connectivity index (χ0n) is 15.2. The molecule has 0 aliphatic heterocycles. The van der Waals surface area contributed by atoms with Crippen molar-refractivity contribution in [2.24, 2.45) is 7.05 Å². The molecular weight excluding hydrogens is 398 g/mol. The molecule has 7 nitrogen and oxygen atoms in total. The van der Waals surface area contributed by atoms with Crippen molar-refractivity contribution in [2.45, 2.75) is 6.54 Å². The van der Waals surface area contributed by atoms with Gasteiger partial charge in [-0.15, -0.1) is 0 Å². The minimum atomic E-state index is -0.210. The highest BCUT2D eigenvalue weighted by atomic mass is 35.5. The van der Waals surface area contributed by atoms with E-state index in [-0.39, 0.29) is 5.91 Å². The van der Waals surface area contributed by atoms with Crippen LogP contribution in [0.25, 0.3) is 10.2 Å². The van der Waals surface area contributed by atoms with Crippen LogP contribution in [0.3, 0.4) is 0 Å². The summed E-state index contributed by atoms with van der Waals surface area (Å²) >= 11 is 7.70. The number of ether oxygens (including phenoxy) is 1. The van der Waals surface area contributed by atoms with Gasteiger partial charge in [-0.3, -0.25) is 19.4 Å². The summed E-state index contributed by atoms with van der Waals surface area (Å²) in [4.78, 5) is 23.7. The van der Waals surface area contributed by atoms with Crippen LogP contribution >= 0.6 is 22.9 Å². The summed E-state index contributed by atoms with van der Waals surface area (Å²) in [6.07, 6.45) is 5.01. The average molecular weight is 414 g/mol. The predicted octanol–water partition coefficient (Wildman–Crippen LogP) is 3.93. The van der Waals surface area contributed by atoms with Gasteiger partial charge in [-0.25, -0.2) is 4.98 Å². The zero-order chi connectivity index (χ0) is 19.7. The van der Waals surface area contributed by atoms with Crippen LogP contribution in [0.5, 0.6) is 5.75 Å². The first-order chi connectivity index (χ1) is 13.6. The van der Waals surface area contributed by atoms with Crippen molar-refractivity contribution >= 4 is 44.2 Å². The third-order valence-corrected chi connectivity index (χ3v) is 5.79. The maximum atomic E-state index is 13.3. The van der Waals surface area contributed by atoms with Gasteiger partial charge in [0, 0.05) is 25.6 Å². The molecule has 0 aliphatic rings. The van der Waals surface area contributed by atoms with Crippen LogP contribution in [0.15, 0.2) is 48.9 Å². The lowest BCUT2D eigenvalue weighted by atomic mass is 10.2. The van der Waals surface area contributed by atoms with Crippen LogP contribution in [0.2, 0.25) is 5.02 Å². The molecule has 4 aromatic rings. The van der Waals surface area contributed by atoms with E-state index >= 15 is 0 Å². The third-order valence-electron chi connectivity index (χ3n) is 4.25. The molecule has 0 spiro atoms. The summed E-state index contributed by atoms with van der Waals surface area (Å²) in [6.45, 7) is 0.317. The fourth-order valence-electron chi connectivity index (χ4n) is 2.84. The number of amides is 1. The Morgan fingerprint density at radius 2 is 2.14 bits per heavy atom. The Kier molecular flexibility index (Phi) is 4.97. The largest absolute Gasteiger partial charge is 0.494 e. The zero-order valence-corrected chi connectivity index (χ0v) is 16.7. The van der Waals surface area contributed by atoms with Crippen molar-refractivity contribution in [3.8, 4) is 5.75 Å². The number of methoxy groups -OCH3 is 1. The topological polar surface area (TPSA) is 73.1 Å². The minimum absolute atomic E-state index is 0.210. The lowest BCUT2D eigenvalue weighted by Gasteiger charge is -2.19. The van der Waals surface area contributed by atoms with E-state index in [1.165, 1.54) is 11.3 Å². The lowest BCUT2D eigenvalue weighted by molar-refractivity contribution is 0.0976. The lowest BCUT2D eigenvalue weighted by Crippen LogP contribution is -2.31. The molecule has 1 amide bonds. The number of benzene rings is 1. The number of halogens is 1. The molecule has 0 saturated carbocycles. The second-order valence-corrected chi connectivity index (χ2v) is 7.40. The standard InChI is InChI=1S/C19H16ClN5O2S/c1-24-14(7-9-22-24)18(26)25(11-12-4-3-8-21-10-12)19-23-16-15(27-2)6-5-13(20)17(16)28-19/h3-10H,11H2,1-2H3. The number of anilines is 1. The first-order valence-electron chi connectivity index (χ1n) is 8.40. The van der Waals surface area contributed by atoms with Crippen LogP contribution in [-0.2, 0) is 13.6 Å². The monoisotopic (exact) mass is 413 g/mol. The number of aromatic nitrogens is 4. The SMILES string of the molecule is COc1ccc(Cl)c2sc(N(Cc3cccnc3)C(=O)c3ccnn3C)nc12. The van der Waals surface area contributed by atoms with E-state index in [1.807, 2.05) is 12.1 Å². The molecular formula is C19H16ClN5O2S. The van der Waals surface area contributed by atoms with Gasteiger partial charge in [0.1, 0.15) is 17.0 Å². The Labute approximate surface area is 170 Å². The molecule has 28 heavy (non-hydrogen) atoms. The number of pyridine rings is 1. The highest BCUT2D eigenvalue weighted by Crippen LogP contribution is 2.39. The van der Waals surface area contributed by atoms with E-state index in [4.69, 9.17) is 16.3 Å². The number of carbonyl (C=O) groups excluding carboxylic acids is 1. The molecule has 142 valence electrons. The quantitative estimate of drug-likeness (QED) is 0.495. The van der Waals surface area contributed by atoms with E-state index in [1.54, 1.807) is 60.5 Å². The Morgan fingerprint density at radius 1 is 1.29 bits per heavy atom. The Balaban J connectivity index is 1.83. The molecule has 0 unspecified atom stereocenters. The Hall–Kier alpha value is -2.97. The molecule has 0 fully saturated rings. The van der Waals surface area contributed by atoms with E-state index in [9.17, 15) is 4.79 Å². The van der Waals surface area contributed by atoms with Crippen molar-refractivity contribution in [3.05, 3.63) is 65.2 Å². The number of carbonyl (C=O) groups is 1. The molecule has 4 rings (SSSR count). The van der Waals surface area contributed by atoms with Crippen molar-refractivity contribution < 1.29 is 9.53 Å². The van der Waals surface area contributed by atoms with E-state index in [0.29, 0.717) is 33.7 Å². The molecule has 0 radical (unpaired) electrons. The second kappa shape index (κ2) is 7.57. The smallest absolute Gasteiger partial charge is 0.278 e. The molecule has 0 N–H and O–H groups in total. The van der Waals surface area contributed by atoms with Crippen molar-refractivity contribution in [3.63, 3.8) is 0 Å². The van der Waals surface area contributed by atoms with Gasteiger partial charge < -0.3 is 4.74 Å². The van der Waals surface area contributed by atoms with Crippen LogP contribution in [0.1, 0.15) is 16.1 Å². The maximum Gasteiger partial charge on any atom is 0.278 e. The number of thiazole rings is 1. The molecule has 0 atom stereocenters. The third kappa shape index (κ3) is 3.32. The van der Waals surface area contributed by atoms with Gasteiger partial charge in [-0.2, -0.15) is 5.10 Å². The number of nitrogens with zero attached hydrogens (tertiary/aromatic N) is 5. The summed E-state index contributed by atoms with van der Waals surface area (Å²) in [6, 6.07) is 8.96. The number of hydrogen-bond donors (Lipinski definition) is 0. The van der Waals surface area contributed by atoms with Crippen LogP contribution in [-0.4, -0.2) is 32.8 Å². The van der Waals surface area contributed by atoms with Gasteiger partial charge in [-0.1, -0.05) is 29.0 Å². The average Bonchev–Trinajstić information content (AvgIpc) is 3.34. The number of fused-ring (bicyclic) bond motifs is 1. The molecule has 0 bridgehead atoms. The van der Waals surface area contributed by atoms with Gasteiger partial charge in [-0.05, 0) is 29.8 Å². The molecule has 0 saturated heterocycles. The van der Waals surface area contributed by atoms with Crippen molar-refractivity contribution in [2.75, 3.05) is 12.0 Å². The fourth-order valence-corrected chi connectivity index (χ4v) is 4.10. The summed E-state index contributed by atoms with van der Waals surface area (Å²) in [5, 5.41) is 5.19. The summed E-state index contributed by atoms with van der Waals surface area (Å²) < 4.78 is 7.71. The molecule has 3 aromatic heterocycles. The number of rotatable bonds is 5. The number of hydrogen-bond acceptors (Lipinski definition) is 6. The summed E-state index contributed by atoms with van der Waals surface area (Å²) in [7, 11) is 3.31. The van der Waals surface area contributed by atoms with Gasteiger partial charge in [0.05, 0.1) is 23.4 Å². The molecule has 1 aromatic carbocycles. The first kappa shape index (κ1) is 18.4. The summed E-state index contributed by atoms with van der Waals surface area (Å²) in [5.41, 5.74) is 1.97. The van der Waals surface area contributed by atoms with Gasteiger partial charge in [0.25, 0.3) is 5.91 Å². The van der Waals surface area contributed by atoms with E-state index < -0.39 is 0 Å². The van der Waals surface area contributed by atoms with Crippen LogP contribution in [0, 0.1) is 0 Å². The Bertz CT molecular complexity index is 1140. The normalized spacial score (nSPS) is 11.0. The molecule has 9 heteroatoms. The first-order valence-corrected chi connectivity index (χ1v) is 9.59. The second-order valence-electron chi connectivity index (χ2n) is 6.02. The maximum absolute atomic E-state index is 13.3. The van der Waals surface area contributed by atoms with Gasteiger partial charge >= 0.3 is 0 Å². The van der Waals surface area contributed by atoms with E-state index in [0.717, 1.165) is 10.3 Å². The van der Waals surface area contributed by atoms with Gasteiger partial charge in [0.15, 0.2) is 5.13 Å². The minimum Gasteiger partial charge on any atom is -0.494 e. The molecule has 0 aliphatic carbocycles. The van der Waals surface area contributed by atoms with Crippen LogP contribution < -0.4 is 9.64 Å². The predicted molar refractivity (Wildman–Crippen MR) is 109 cm³/mol. The van der Waals surface area contributed by atoms with Crippen molar-refractivity contribution in [1.82, 2.24) is 19.7 Å². The summed E-state index contributed by atoms with van der Waals surface area (Å²) in [5.74, 6) is 0.397. The number of aryl methyl sites for hydroxylation is 1. The Morgan fingerprint density at radius 3 is 2.82 bits per heavy atom. The highest BCUT2D eigenvalue weighted by molar-refractivity contribution is 7.23. The van der Waals surface area contributed by atoms with Gasteiger partial charge in [0.2, 0.25) is 0 Å². The van der Waals surface area contributed by atoms with Crippen molar-refractivity contribution in [1.29, 1.82) is 0 Å².